The second kappa shape index (κ2) is 5.27. The number of nitrogens with two attached hydrogens (primary N) is 1. The van der Waals surface area contributed by atoms with Crippen molar-refractivity contribution in [3.8, 4) is 0 Å². The topological polar surface area (TPSA) is 68.0 Å². The van der Waals surface area contributed by atoms with Crippen LogP contribution in [0.1, 0.15) is 33.3 Å². The second-order valence-electron chi connectivity index (χ2n) is 5.73. The Hall–Kier alpha value is -0.840. The number of nitrogens with zero attached hydrogens (tertiary/aromatic N) is 1. The van der Waals surface area contributed by atoms with E-state index in [1.807, 2.05) is 0 Å². The zero-order valence-electron chi connectivity index (χ0n) is 11.8. The molecule has 6 heteroatoms. The molecule has 0 saturated carbocycles. The van der Waals surface area contributed by atoms with Crippen LogP contribution in [0.25, 0.3) is 0 Å². The first-order valence-electron chi connectivity index (χ1n) is 5.90. The van der Waals surface area contributed by atoms with Crippen molar-refractivity contribution in [3.63, 3.8) is 0 Å². The van der Waals surface area contributed by atoms with E-state index in [1.165, 1.54) is 0 Å². The van der Waals surface area contributed by atoms with E-state index >= 15 is 0 Å². The minimum absolute atomic E-state index is 0.170. The maximum Gasteiger partial charge on any atom is 0.231 e. The molecule has 0 bridgehead atoms. The van der Waals surface area contributed by atoms with Gasteiger partial charge < -0.3 is 11.1 Å². The number of amides is 1. The van der Waals surface area contributed by atoms with E-state index in [2.05, 4.69) is 10.3 Å². The summed E-state index contributed by atoms with van der Waals surface area (Å²) >= 11 is 11.8. The predicted molar refractivity (Wildman–Crippen MR) is 79.7 cm³/mol. The molecular formula is C13H19Cl2N3O. The fourth-order valence-corrected chi connectivity index (χ4v) is 1.89. The number of hydrogen-bond acceptors (Lipinski definition) is 3. The molecule has 0 fully saturated rings. The molecule has 106 valence electrons. The van der Waals surface area contributed by atoms with Crippen molar-refractivity contribution in [1.29, 1.82) is 0 Å². The van der Waals surface area contributed by atoms with Gasteiger partial charge in [0.25, 0.3) is 0 Å². The third kappa shape index (κ3) is 3.38. The van der Waals surface area contributed by atoms with Crippen molar-refractivity contribution in [1.82, 2.24) is 4.98 Å². The standard InChI is InChI=1S/C13H19Cl2N3O/c1-7-6-8(14)17-10(15)9(7)18-11(19)12(2,3)13(4,5)16/h6H,16H2,1-5H3,(H,18,19). The van der Waals surface area contributed by atoms with Crippen LogP contribution in [0, 0.1) is 12.3 Å². The first kappa shape index (κ1) is 16.2. The first-order chi connectivity index (χ1) is 8.46. The molecule has 0 saturated heterocycles. The highest BCUT2D eigenvalue weighted by molar-refractivity contribution is 6.34. The number of aryl methyl sites for hydroxylation is 1. The van der Waals surface area contributed by atoms with Crippen molar-refractivity contribution >= 4 is 34.8 Å². The number of hydrogen-bond donors (Lipinski definition) is 2. The Morgan fingerprint density at radius 3 is 2.26 bits per heavy atom. The van der Waals surface area contributed by atoms with Crippen LogP contribution in [-0.2, 0) is 4.79 Å². The summed E-state index contributed by atoms with van der Waals surface area (Å²) < 4.78 is 0. The van der Waals surface area contributed by atoms with Gasteiger partial charge in [-0.05, 0) is 46.2 Å². The molecule has 0 aromatic carbocycles. The average molecular weight is 304 g/mol. The Morgan fingerprint density at radius 2 is 1.84 bits per heavy atom. The number of nitrogens with one attached hydrogen (secondary N) is 1. The number of rotatable bonds is 3. The number of carbonyl (C=O) groups is 1. The summed E-state index contributed by atoms with van der Waals surface area (Å²) in [5.74, 6) is -0.214. The van der Waals surface area contributed by atoms with E-state index in [0.717, 1.165) is 5.56 Å². The van der Waals surface area contributed by atoms with Gasteiger partial charge in [0.15, 0.2) is 5.15 Å². The predicted octanol–water partition coefficient (Wildman–Crippen LogP) is 3.40. The molecule has 3 N–H and O–H groups in total. The molecule has 0 atom stereocenters. The van der Waals surface area contributed by atoms with Crippen LogP contribution in [0.2, 0.25) is 10.3 Å². The van der Waals surface area contributed by atoms with Gasteiger partial charge in [-0.25, -0.2) is 4.98 Å². The van der Waals surface area contributed by atoms with Crippen LogP contribution in [0.5, 0.6) is 0 Å². The fraction of sp³-hybridized carbons (Fsp3) is 0.538. The lowest BCUT2D eigenvalue weighted by atomic mass is 9.74. The Balaban J connectivity index is 3.08. The summed E-state index contributed by atoms with van der Waals surface area (Å²) in [5, 5.41) is 3.24. The van der Waals surface area contributed by atoms with E-state index < -0.39 is 11.0 Å². The van der Waals surface area contributed by atoms with E-state index in [1.54, 1.807) is 40.7 Å². The highest BCUT2D eigenvalue weighted by Gasteiger charge is 2.40. The molecule has 1 aromatic heterocycles. The maximum absolute atomic E-state index is 12.4. The van der Waals surface area contributed by atoms with Crippen molar-refractivity contribution in [2.75, 3.05) is 5.32 Å². The molecular weight excluding hydrogens is 285 g/mol. The van der Waals surface area contributed by atoms with Gasteiger partial charge in [-0.15, -0.1) is 0 Å². The third-order valence-corrected chi connectivity index (χ3v) is 4.03. The summed E-state index contributed by atoms with van der Waals surface area (Å²) in [6.07, 6.45) is 0. The largest absolute Gasteiger partial charge is 0.325 e. The lowest BCUT2D eigenvalue weighted by Gasteiger charge is -2.37. The summed E-state index contributed by atoms with van der Waals surface area (Å²) in [6, 6.07) is 1.64. The minimum atomic E-state index is -0.762. The van der Waals surface area contributed by atoms with E-state index in [4.69, 9.17) is 28.9 Å². The Labute approximate surface area is 123 Å². The summed E-state index contributed by atoms with van der Waals surface area (Å²) in [4.78, 5) is 16.3. The second-order valence-corrected chi connectivity index (χ2v) is 6.47. The molecule has 0 spiro atoms. The minimum Gasteiger partial charge on any atom is -0.325 e. The van der Waals surface area contributed by atoms with E-state index in [9.17, 15) is 4.79 Å². The zero-order chi connectivity index (χ0) is 15.0. The van der Waals surface area contributed by atoms with E-state index in [0.29, 0.717) is 10.8 Å². The van der Waals surface area contributed by atoms with Gasteiger partial charge in [0.05, 0.1) is 11.1 Å². The number of halogens is 2. The van der Waals surface area contributed by atoms with Crippen molar-refractivity contribution in [2.24, 2.45) is 11.1 Å². The highest BCUT2D eigenvalue weighted by atomic mass is 35.5. The third-order valence-electron chi connectivity index (χ3n) is 3.56. The molecule has 1 amide bonds. The quantitative estimate of drug-likeness (QED) is 0.841. The molecule has 0 aliphatic rings. The lowest BCUT2D eigenvalue weighted by Crippen LogP contribution is -2.53. The van der Waals surface area contributed by atoms with Gasteiger partial charge >= 0.3 is 0 Å². The fourth-order valence-electron chi connectivity index (χ4n) is 1.31. The normalized spacial score (nSPS) is 12.4. The molecule has 0 unspecified atom stereocenters. The van der Waals surface area contributed by atoms with Crippen molar-refractivity contribution in [3.05, 3.63) is 21.9 Å². The highest BCUT2D eigenvalue weighted by Crippen LogP contribution is 2.32. The molecule has 4 nitrogen and oxygen atoms in total. The van der Waals surface area contributed by atoms with Gasteiger partial charge in [-0.1, -0.05) is 23.2 Å². The molecule has 1 heterocycles. The Bertz CT molecular complexity index is 484. The molecule has 0 aliphatic carbocycles. The monoisotopic (exact) mass is 303 g/mol. The number of aromatic nitrogens is 1. The van der Waals surface area contributed by atoms with Crippen LogP contribution in [-0.4, -0.2) is 16.4 Å². The maximum atomic E-state index is 12.4. The van der Waals surface area contributed by atoms with Gasteiger partial charge in [0.2, 0.25) is 5.91 Å². The summed E-state index contributed by atoms with van der Waals surface area (Å²) in [6.45, 7) is 8.99. The van der Waals surface area contributed by atoms with Gasteiger partial charge in [0.1, 0.15) is 5.15 Å². The molecule has 0 radical (unpaired) electrons. The van der Waals surface area contributed by atoms with E-state index in [-0.39, 0.29) is 11.1 Å². The van der Waals surface area contributed by atoms with Gasteiger partial charge in [-0.3, -0.25) is 4.79 Å². The summed E-state index contributed by atoms with van der Waals surface area (Å²) in [7, 11) is 0. The van der Waals surface area contributed by atoms with Gasteiger partial charge in [-0.2, -0.15) is 0 Å². The zero-order valence-corrected chi connectivity index (χ0v) is 13.3. The summed E-state index contributed by atoms with van der Waals surface area (Å²) in [5.41, 5.74) is 5.83. The Kier molecular flexibility index (Phi) is 4.50. The number of anilines is 1. The van der Waals surface area contributed by atoms with Gasteiger partial charge in [0, 0.05) is 5.54 Å². The first-order valence-corrected chi connectivity index (χ1v) is 6.65. The van der Waals surface area contributed by atoms with Crippen molar-refractivity contribution < 1.29 is 4.79 Å². The number of pyridine rings is 1. The SMILES string of the molecule is Cc1cc(Cl)nc(Cl)c1NC(=O)C(C)(C)C(C)(C)N. The molecule has 1 aromatic rings. The number of carbonyl (C=O) groups excluding carboxylic acids is 1. The smallest absolute Gasteiger partial charge is 0.231 e. The van der Waals surface area contributed by atoms with Crippen molar-refractivity contribution in [2.45, 2.75) is 40.2 Å². The van der Waals surface area contributed by atoms with Crippen LogP contribution in [0.4, 0.5) is 5.69 Å². The van der Waals surface area contributed by atoms with Crippen LogP contribution in [0.15, 0.2) is 6.07 Å². The van der Waals surface area contributed by atoms with Crippen LogP contribution < -0.4 is 11.1 Å². The Morgan fingerprint density at radius 1 is 1.32 bits per heavy atom. The molecule has 19 heavy (non-hydrogen) atoms. The van der Waals surface area contributed by atoms with Crippen LogP contribution >= 0.6 is 23.2 Å². The average Bonchev–Trinajstić information content (AvgIpc) is 2.21. The molecule has 1 rings (SSSR count). The lowest BCUT2D eigenvalue weighted by molar-refractivity contribution is -0.126. The molecule has 0 aliphatic heterocycles. The van der Waals surface area contributed by atoms with Crippen LogP contribution in [0.3, 0.4) is 0 Å².